The van der Waals surface area contributed by atoms with Crippen LogP contribution in [-0.4, -0.2) is 56.9 Å². The van der Waals surface area contributed by atoms with Gasteiger partial charge in [0.2, 0.25) is 0 Å². The highest BCUT2D eigenvalue weighted by molar-refractivity contribution is 5.77. The summed E-state index contributed by atoms with van der Waals surface area (Å²) in [6, 6.07) is 13.6. The fourth-order valence-corrected chi connectivity index (χ4v) is 3.28. The standard InChI is InChI=1S/C22H27FN2O4/c1-2-28-20-5-3-4-6-21(20)29-16-22(26)24-15-19(25-11-13-27-14-12-25)17-7-9-18(23)10-8-17/h3-10,19H,2,11-16H2,1H3,(H,24,26). The van der Waals surface area contributed by atoms with Crippen LogP contribution in [0.15, 0.2) is 48.5 Å². The van der Waals surface area contributed by atoms with E-state index in [0.29, 0.717) is 37.9 Å². The predicted octanol–water partition coefficient (Wildman–Crippen LogP) is 2.79. The van der Waals surface area contributed by atoms with Crippen LogP contribution in [0.3, 0.4) is 0 Å². The number of rotatable bonds is 9. The number of nitrogens with zero attached hydrogens (tertiary/aromatic N) is 1. The van der Waals surface area contributed by atoms with Crippen LogP contribution in [0, 0.1) is 5.82 Å². The molecule has 156 valence electrons. The first-order valence-corrected chi connectivity index (χ1v) is 9.86. The molecule has 6 nitrogen and oxygen atoms in total. The van der Waals surface area contributed by atoms with E-state index in [1.165, 1.54) is 12.1 Å². The van der Waals surface area contributed by atoms with Crippen molar-refractivity contribution in [2.45, 2.75) is 13.0 Å². The van der Waals surface area contributed by atoms with E-state index in [0.717, 1.165) is 18.7 Å². The molecular weight excluding hydrogens is 375 g/mol. The first-order chi connectivity index (χ1) is 14.2. The zero-order valence-electron chi connectivity index (χ0n) is 16.6. The first kappa shape index (κ1) is 21.1. The zero-order valence-corrected chi connectivity index (χ0v) is 16.6. The molecule has 0 bridgehead atoms. The molecule has 0 saturated carbocycles. The summed E-state index contributed by atoms with van der Waals surface area (Å²) >= 11 is 0. The van der Waals surface area contributed by atoms with Gasteiger partial charge < -0.3 is 19.5 Å². The minimum absolute atomic E-state index is 0.0563. The van der Waals surface area contributed by atoms with Crippen molar-refractivity contribution in [3.63, 3.8) is 0 Å². The van der Waals surface area contributed by atoms with Crippen LogP contribution >= 0.6 is 0 Å². The minimum atomic E-state index is -0.278. The lowest BCUT2D eigenvalue weighted by Gasteiger charge is -2.35. The Labute approximate surface area is 170 Å². The lowest BCUT2D eigenvalue weighted by molar-refractivity contribution is -0.123. The third kappa shape index (κ3) is 6.17. The van der Waals surface area contributed by atoms with E-state index < -0.39 is 0 Å². The van der Waals surface area contributed by atoms with Gasteiger partial charge >= 0.3 is 0 Å². The van der Waals surface area contributed by atoms with Gasteiger partial charge in [0.15, 0.2) is 18.1 Å². The van der Waals surface area contributed by atoms with E-state index >= 15 is 0 Å². The highest BCUT2D eigenvalue weighted by atomic mass is 19.1. The summed E-state index contributed by atoms with van der Waals surface area (Å²) in [5, 5.41) is 2.93. The maximum absolute atomic E-state index is 13.3. The Bertz CT molecular complexity index is 779. The van der Waals surface area contributed by atoms with Crippen molar-refractivity contribution in [2.75, 3.05) is 46.1 Å². The highest BCUT2D eigenvalue weighted by Gasteiger charge is 2.23. The summed E-state index contributed by atoms with van der Waals surface area (Å²) < 4.78 is 29.9. The van der Waals surface area contributed by atoms with Crippen LogP contribution in [0.4, 0.5) is 4.39 Å². The predicted molar refractivity (Wildman–Crippen MR) is 108 cm³/mol. The van der Waals surface area contributed by atoms with Crippen molar-refractivity contribution in [2.24, 2.45) is 0 Å². The lowest BCUT2D eigenvalue weighted by atomic mass is 10.0. The average molecular weight is 402 g/mol. The maximum Gasteiger partial charge on any atom is 0.258 e. The Morgan fingerprint density at radius 1 is 1.10 bits per heavy atom. The second-order valence-corrected chi connectivity index (χ2v) is 6.69. The number of halogens is 1. The van der Waals surface area contributed by atoms with Gasteiger partial charge in [0.25, 0.3) is 5.91 Å². The van der Waals surface area contributed by atoms with Crippen molar-refractivity contribution in [1.82, 2.24) is 10.2 Å². The molecule has 2 aromatic rings. The molecular formula is C22H27FN2O4. The summed E-state index contributed by atoms with van der Waals surface area (Å²) in [6.45, 7) is 5.51. The third-order valence-electron chi connectivity index (χ3n) is 4.74. The van der Waals surface area contributed by atoms with Gasteiger partial charge in [-0.15, -0.1) is 0 Å². The number of carbonyl (C=O) groups is 1. The SMILES string of the molecule is CCOc1ccccc1OCC(=O)NCC(c1ccc(F)cc1)N1CCOCC1. The molecule has 1 fully saturated rings. The van der Waals surface area contributed by atoms with Crippen molar-refractivity contribution < 1.29 is 23.4 Å². The molecule has 1 heterocycles. The number of hydrogen-bond acceptors (Lipinski definition) is 5. The average Bonchev–Trinajstić information content (AvgIpc) is 2.75. The molecule has 0 radical (unpaired) electrons. The monoisotopic (exact) mass is 402 g/mol. The number of hydrogen-bond donors (Lipinski definition) is 1. The molecule has 2 aromatic carbocycles. The minimum Gasteiger partial charge on any atom is -0.490 e. The van der Waals surface area contributed by atoms with E-state index in [1.807, 2.05) is 19.1 Å². The van der Waals surface area contributed by atoms with Crippen LogP contribution in [0.25, 0.3) is 0 Å². The summed E-state index contributed by atoms with van der Waals surface area (Å²) in [7, 11) is 0. The van der Waals surface area contributed by atoms with Gasteiger partial charge in [0.05, 0.1) is 25.9 Å². The summed E-state index contributed by atoms with van der Waals surface area (Å²) in [4.78, 5) is 14.6. The third-order valence-corrected chi connectivity index (χ3v) is 4.74. The molecule has 0 aliphatic carbocycles. The molecule has 1 N–H and O–H groups in total. The number of ether oxygens (including phenoxy) is 3. The zero-order chi connectivity index (χ0) is 20.5. The first-order valence-electron chi connectivity index (χ1n) is 9.86. The largest absolute Gasteiger partial charge is 0.490 e. The van der Waals surface area contributed by atoms with Gasteiger partial charge in [-0.1, -0.05) is 24.3 Å². The Hall–Kier alpha value is -2.64. The van der Waals surface area contributed by atoms with Crippen LogP contribution in [0.5, 0.6) is 11.5 Å². The van der Waals surface area contributed by atoms with Gasteiger partial charge in [-0.05, 0) is 36.8 Å². The molecule has 1 atom stereocenters. The quantitative estimate of drug-likeness (QED) is 0.699. The van der Waals surface area contributed by atoms with Crippen LogP contribution in [-0.2, 0) is 9.53 Å². The summed E-state index contributed by atoms with van der Waals surface area (Å²) in [5.74, 6) is 0.643. The van der Waals surface area contributed by atoms with Crippen LogP contribution in [0.1, 0.15) is 18.5 Å². The van der Waals surface area contributed by atoms with Crippen LogP contribution < -0.4 is 14.8 Å². The molecule has 3 rings (SSSR count). The number of para-hydroxylation sites is 2. The number of morpholine rings is 1. The van der Waals surface area contributed by atoms with Gasteiger partial charge in [-0.3, -0.25) is 9.69 Å². The van der Waals surface area contributed by atoms with Crippen molar-refractivity contribution in [1.29, 1.82) is 0 Å². The van der Waals surface area contributed by atoms with E-state index in [2.05, 4.69) is 10.2 Å². The van der Waals surface area contributed by atoms with Crippen molar-refractivity contribution >= 4 is 5.91 Å². The Morgan fingerprint density at radius 3 is 2.41 bits per heavy atom. The van der Waals surface area contributed by atoms with Gasteiger partial charge in [-0.2, -0.15) is 0 Å². The van der Waals surface area contributed by atoms with E-state index in [9.17, 15) is 9.18 Å². The highest BCUT2D eigenvalue weighted by Crippen LogP contribution is 2.26. The topological polar surface area (TPSA) is 60.0 Å². The van der Waals surface area contributed by atoms with Gasteiger partial charge in [0.1, 0.15) is 5.82 Å². The fraction of sp³-hybridized carbons (Fsp3) is 0.409. The molecule has 1 aliphatic heterocycles. The molecule has 1 amide bonds. The Morgan fingerprint density at radius 2 is 1.76 bits per heavy atom. The molecule has 0 aromatic heterocycles. The van der Waals surface area contributed by atoms with Gasteiger partial charge in [-0.25, -0.2) is 4.39 Å². The number of carbonyl (C=O) groups excluding carboxylic acids is 1. The maximum atomic E-state index is 13.3. The number of nitrogens with one attached hydrogen (secondary N) is 1. The second-order valence-electron chi connectivity index (χ2n) is 6.69. The second kappa shape index (κ2) is 10.8. The van der Waals surface area contributed by atoms with Crippen molar-refractivity contribution in [3.8, 4) is 11.5 Å². The van der Waals surface area contributed by atoms with E-state index in [-0.39, 0.29) is 24.4 Å². The molecule has 1 saturated heterocycles. The molecule has 7 heteroatoms. The Kier molecular flexibility index (Phi) is 7.84. The van der Waals surface area contributed by atoms with Crippen LogP contribution in [0.2, 0.25) is 0 Å². The molecule has 0 spiro atoms. The molecule has 29 heavy (non-hydrogen) atoms. The number of benzene rings is 2. The molecule has 1 unspecified atom stereocenters. The van der Waals surface area contributed by atoms with E-state index in [1.54, 1.807) is 24.3 Å². The van der Waals surface area contributed by atoms with Crippen molar-refractivity contribution in [3.05, 3.63) is 59.9 Å². The fourth-order valence-electron chi connectivity index (χ4n) is 3.28. The summed E-state index contributed by atoms with van der Waals surface area (Å²) in [6.07, 6.45) is 0. The van der Waals surface area contributed by atoms with Gasteiger partial charge in [0, 0.05) is 19.6 Å². The Balaban J connectivity index is 1.58. The number of amides is 1. The van der Waals surface area contributed by atoms with E-state index in [4.69, 9.17) is 14.2 Å². The smallest absolute Gasteiger partial charge is 0.258 e. The molecule has 1 aliphatic rings. The summed E-state index contributed by atoms with van der Waals surface area (Å²) in [5.41, 5.74) is 0.955. The normalized spacial score (nSPS) is 15.5. The lowest BCUT2D eigenvalue weighted by Crippen LogP contribution is -2.44.